The lowest BCUT2D eigenvalue weighted by molar-refractivity contribution is -0.146. The van der Waals surface area contributed by atoms with E-state index in [1.807, 2.05) is 12.1 Å². The quantitative estimate of drug-likeness (QED) is 0.465. The Balaban J connectivity index is 2.12. The maximum absolute atomic E-state index is 12.6. The first kappa shape index (κ1) is 22.2. The minimum atomic E-state index is -4.52. The van der Waals surface area contributed by atoms with Gasteiger partial charge in [-0.15, -0.1) is 0 Å². The molecule has 0 aliphatic heterocycles. The molecule has 0 saturated carbocycles. The second-order valence-electron chi connectivity index (χ2n) is 5.94. The number of ether oxygens (including phenoxy) is 1. The van der Waals surface area contributed by atoms with E-state index >= 15 is 0 Å². The average Bonchev–Trinajstić information content (AvgIpc) is 2.65. The van der Waals surface area contributed by atoms with E-state index in [0.29, 0.717) is 0 Å². The number of amides is 1. The standard InChI is InChI=1S/C19H17F3INO4/c1-28-18(27)15(10-11-3-2-4-14(23)9-11)24-17(26)16(25)12-5-7-13(8-6-12)19(20,21)22/h2-9,15-16,25H,10H2,1H3,(H,24,26)/t15-,16-/m1/s1. The summed E-state index contributed by atoms with van der Waals surface area (Å²) < 4.78 is 43.5. The van der Waals surface area contributed by atoms with E-state index in [2.05, 4.69) is 27.9 Å². The SMILES string of the molecule is COC(=O)[C@@H](Cc1cccc(I)c1)NC(=O)[C@H](O)c1ccc(C(F)(F)F)cc1. The highest BCUT2D eigenvalue weighted by molar-refractivity contribution is 14.1. The van der Waals surface area contributed by atoms with Crippen molar-refractivity contribution in [2.75, 3.05) is 7.11 Å². The van der Waals surface area contributed by atoms with Crippen LogP contribution in [0.3, 0.4) is 0 Å². The van der Waals surface area contributed by atoms with Gasteiger partial charge in [-0.25, -0.2) is 4.79 Å². The van der Waals surface area contributed by atoms with Crippen molar-refractivity contribution in [3.8, 4) is 0 Å². The first-order valence-corrected chi connectivity index (χ1v) is 9.17. The molecule has 2 N–H and O–H groups in total. The predicted molar refractivity (Wildman–Crippen MR) is 103 cm³/mol. The molecule has 0 fully saturated rings. The number of aliphatic hydroxyl groups excluding tert-OH is 1. The lowest BCUT2D eigenvalue weighted by Crippen LogP contribution is -2.45. The minimum absolute atomic E-state index is 0.0247. The molecule has 0 saturated heterocycles. The molecule has 0 aliphatic carbocycles. The monoisotopic (exact) mass is 507 g/mol. The van der Waals surface area contributed by atoms with Gasteiger partial charge in [0.15, 0.2) is 6.10 Å². The Bertz CT molecular complexity index is 840. The second kappa shape index (κ2) is 9.37. The molecule has 0 radical (unpaired) electrons. The van der Waals surface area contributed by atoms with Crippen molar-refractivity contribution in [1.82, 2.24) is 5.32 Å². The topological polar surface area (TPSA) is 75.6 Å². The second-order valence-corrected chi connectivity index (χ2v) is 7.19. The highest BCUT2D eigenvalue weighted by Crippen LogP contribution is 2.30. The Morgan fingerprint density at radius 2 is 1.82 bits per heavy atom. The zero-order chi connectivity index (χ0) is 20.9. The molecule has 0 unspecified atom stereocenters. The number of halogens is 4. The number of rotatable bonds is 6. The highest BCUT2D eigenvalue weighted by Gasteiger charge is 2.31. The summed E-state index contributed by atoms with van der Waals surface area (Å²) in [6, 6.07) is 9.78. The maximum atomic E-state index is 12.6. The van der Waals surface area contributed by atoms with Crippen molar-refractivity contribution in [2.45, 2.75) is 24.7 Å². The van der Waals surface area contributed by atoms with E-state index in [0.717, 1.165) is 33.4 Å². The fraction of sp³-hybridized carbons (Fsp3) is 0.263. The fourth-order valence-corrected chi connectivity index (χ4v) is 3.10. The van der Waals surface area contributed by atoms with Crippen molar-refractivity contribution in [3.05, 3.63) is 68.8 Å². The van der Waals surface area contributed by atoms with Crippen LogP contribution in [0.1, 0.15) is 22.8 Å². The number of benzene rings is 2. The van der Waals surface area contributed by atoms with E-state index in [1.54, 1.807) is 12.1 Å². The van der Waals surface area contributed by atoms with Crippen molar-refractivity contribution in [1.29, 1.82) is 0 Å². The third-order valence-electron chi connectivity index (χ3n) is 3.93. The Morgan fingerprint density at radius 3 is 2.36 bits per heavy atom. The summed E-state index contributed by atoms with van der Waals surface area (Å²) in [5.41, 5.74) is -0.148. The fourth-order valence-electron chi connectivity index (χ4n) is 2.49. The van der Waals surface area contributed by atoms with Gasteiger partial charge in [0.25, 0.3) is 5.91 Å². The average molecular weight is 507 g/mol. The molecule has 0 bridgehead atoms. The van der Waals surface area contributed by atoms with Crippen LogP contribution in [0.25, 0.3) is 0 Å². The zero-order valence-corrected chi connectivity index (χ0v) is 16.8. The Labute approximate surface area is 173 Å². The van der Waals surface area contributed by atoms with Crippen LogP contribution in [0.2, 0.25) is 0 Å². The smallest absolute Gasteiger partial charge is 0.416 e. The summed E-state index contributed by atoms with van der Waals surface area (Å²) in [5.74, 6) is -1.62. The lowest BCUT2D eigenvalue weighted by Gasteiger charge is -2.19. The molecule has 2 rings (SSSR count). The van der Waals surface area contributed by atoms with Crippen LogP contribution in [0.15, 0.2) is 48.5 Å². The number of alkyl halides is 3. The summed E-state index contributed by atoms with van der Waals surface area (Å²) >= 11 is 2.11. The molecule has 150 valence electrons. The van der Waals surface area contributed by atoms with Crippen LogP contribution in [-0.2, 0) is 26.9 Å². The maximum Gasteiger partial charge on any atom is 0.416 e. The van der Waals surface area contributed by atoms with E-state index in [1.165, 1.54) is 7.11 Å². The van der Waals surface area contributed by atoms with Gasteiger partial charge in [0.2, 0.25) is 0 Å². The van der Waals surface area contributed by atoms with E-state index in [-0.39, 0.29) is 12.0 Å². The molecular formula is C19H17F3INO4. The van der Waals surface area contributed by atoms with Crippen LogP contribution < -0.4 is 5.32 Å². The van der Waals surface area contributed by atoms with Gasteiger partial charge in [-0.2, -0.15) is 13.2 Å². The number of carbonyl (C=O) groups excluding carboxylic acids is 2. The first-order chi connectivity index (χ1) is 13.1. The molecule has 28 heavy (non-hydrogen) atoms. The third-order valence-corrected chi connectivity index (χ3v) is 4.60. The third kappa shape index (κ3) is 5.93. The van der Waals surface area contributed by atoms with Crippen LogP contribution >= 0.6 is 22.6 Å². The molecule has 0 heterocycles. The van der Waals surface area contributed by atoms with Crippen molar-refractivity contribution in [2.24, 2.45) is 0 Å². The predicted octanol–water partition coefficient (Wildman–Crippen LogP) is 3.24. The number of aliphatic hydroxyl groups is 1. The normalized spacial score (nSPS) is 13.5. The van der Waals surface area contributed by atoms with Crippen LogP contribution in [0, 0.1) is 3.57 Å². The van der Waals surface area contributed by atoms with Gasteiger partial charge in [-0.05, 0) is 58.0 Å². The van der Waals surface area contributed by atoms with Gasteiger partial charge in [-0.1, -0.05) is 24.3 Å². The largest absolute Gasteiger partial charge is 0.467 e. The summed E-state index contributed by atoms with van der Waals surface area (Å²) in [7, 11) is 1.17. The molecule has 1 amide bonds. The number of carbonyl (C=O) groups is 2. The number of hydrogen-bond acceptors (Lipinski definition) is 4. The van der Waals surface area contributed by atoms with Crippen LogP contribution in [0.5, 0.6) is 0 Å². The van der Waals surface area contributed by atoms with Gasteiger partial charge < -0.3 is 15.2 Å². The van der Waals surface area contributed by atoms with Crippen LogP contribution in [0.4, 0.5) is 13.2 Å². The Hall–Kier alpha value is -2.14. The zero-order valence-electron chi connectivity index (χ0n) is 14.7. The van der Waals surface area contributed by atoms with E-state index < -0.39 is 35.8 Å². The molecular weight excluding hydrogens is 490 g/mol. The lowest BCUT2D eigenvalue weighted by atomic mass is 10.0. The van der Waals surface area contributed by atoms with E-state index in [4.69, 9.17) is 4.74 Å². The van der Waals surface area contributed by atoms with Gasteiger partial charge in [0, 0.05) is 9.99 Å². The molecule has 0 aliphatic rings. The number of hydrogen-bond donors (Lipinski definition) is 2. The van der Waals surface area contributed by atoms with Gasteiger partial charge in [-0.3, -0.25) is 4.79 Å². The summed E-state index contributed by atoms with van der Waals surface area (Å²) in [5, 5.41) is 12.5. The minimum Gasteiger partial charge on any atom is -0.467 e. The van der Waals surface area contributed by atoms with Gasteiger partial charge >= 0.3 is 12.1 Å². The molecule has 2 aromatic rings. The molecule has 0 aromatic heterocycles. The van der Waals surface area contributed by atoms with Crippen molar-refractivity contribution in [3.63, 3.8) is 0 Å². The highest BCUT2D eigenvalue weighted by atomic mass is 127. The van der Waals surface area contributed by atoms with Gasteiger partial charge in [0.05, 0.1) is 12.7 Å². The molecule has 0 spiro atoms. The van der Waals surface area contributed by atoms with Crippen LogP contribution in [-0.4, -0.2) is 30.1 Å². The summed E-state index contributed by atoms with van der Waals surface area (Å²) in [6.07, 6.45) is -6.12. The summed E-state index contributed by atoms with van der Waals surface area (Å²) in [6.45, 7) is 0. The Kier molecular flexibility index (Phi) is 7.41. The Morgan fingerprint density at radius 1 is 1.18 bits per heavy atom. The van der Waals surface area contributed by atoms with Gasteiger partial charge in [0.1, 0.15) is 6.04 Å². The van der Waals surface area contributed by atoms with E-state index in [9.17, 15) is 27.9 Å². The molecule has 2 atom stereocenters. The molecule has 5 nitrogen and oxygen atoms in total. The molecule has 2 aromatic carbocycles. The number of methoxy groups -OCH3 is 1. The number of esters is 1. The van der Waals surface area contributed by atoms with Crippen molar-refractivity contribution < 1.29 is 32.6 Å². The molecule has 9 heteroatoms. The number of nitrogens with one attached hydrogen (secondary N) is 1. The summed E-state index contributed by atoms with van der Waals surface area (Å²) in [4.78, 5) is 24.3. The first-order valence-electron chi connectivity index (χ1n) is 8.09. The van der Waals surface area contributed by atoms with Crippen molar-refractivity contribution >= 4 is 34.5 Å².